The minimum absolute atomic E-state index is 1.37. The first-order valence-corrected chi connectivity index (χ1v) is 19.2. The minimum Gasteiger partial charge on any atom is -0.324 e. The predicted molar refractivity (Wildman–Crippen MR) is 179 cm³/mol. The van der Waals surface area contributed by atoms with Crippen molar-refractivity contribution in [3.63, 3.8) is 0 Å². The number of likely N-dealkylation sites (tertiary alicyclic amines) is 1. The quantitative estimate of drug-likeness (QED) is 0.0579. The Morgan fingerprint density at radius 3 is 0.718 bits per heavy atom. The summed E-state index contributed by atoms with van der Waals surface area (Å²) in [5, 5.41) is 0. The lowest BCUT2D eigenvalue weighted by molar-refractivity contribution is -0.917. The largest absolute Gasteiger partial charge is 0.324 e. The highest BCUT2D eigenvalue weighted by atomic mass is 15.4. The van der Waals surface area contributed by atoms with E-state index in [1.807, 2.05) is 0 Å². The fourth-order valence-electron chi connectivity index (χ4n) is 7.20. The third kappa shape index (κ3) is 24.3. The van der Waals surface area contributed by atoms with Crippen LogP contribution in [0.25, 0.3) is 0 Å². The SMILES string of the molecule is CCCCCCCCCCCCCCCCC[N+]1(CCCCCCCCCCCCCCCCC)CCCC1. The number of hydrogen-bond donors (Lipinski definition) is 0. The van der Waals surface area contributed by atoms with Crippen LogP contribution in [0.2, 0.25) is 0 Å². The van der Waals surface area contributed by atoms with Crippen LogP contribution in [-0.4, -0.2) is 30.7 Å². The van der Waals surface area contributed by atoms with Crippen molar-refractivity contribution in [1.29, 1.82) is 0 Å². The highest BCUT2D eigenvalue weighted by molar-refractivity contribution is 4.58. The van der Waals surface area contributed by atoms with E-state index in [9.17, 15) is 0 Å². The summed E-state index contributed by atoms with van der Waals surface area (Å²) in [6.07, 6.45) is 47.4. The average molecular weight is 549 g/mol. The van der Waals surface area contributed by atoms with Crippen molar-refractivity contribution in [2.24, 2.45) is 0 Å². The summed E-state index contributed by atoms with van der Waals surface area (Å²) in [7, 11) is 0. The summed E-state index contributed by atoms with van der Waals surface area (Å²) in [6, 6.07) is 0. The molecule has 0 spiro atoms. The first kappa shape index (κ1) is 37.0. The lowest BCUT2D eigenvalue weighted by Gasteiger charge is -2.34. The van der Waals surface area contributed by atoms with Crippen LogP contribution in [0.15, 0.2) is 0 Å². The molecule has 1 fully saturated rings. The van der Waals surface area contributed by atoms with Crippen LogP contribution in [-0.2, 0) is 0 Å². The van der Waals surface area contributed by atoms with Gasteiger partial charge in [0.25, 0.3) is 0 Å². The lowest BCUT2D eigenvalue weighted by Crippen LogP contribution is -2.46. The van der Waals surface area contributed by atoms with Crippen molar-refractivity contribution >= 4 is 0 Å². The Kier molecular flexibility index (Phi) is 27.9. The molecule has 0 atom stereocenters. The number of unbranched alkanes of at least 4 members (excludes halogenated alkanes) is 28. The molecule has 1 rings (SSSR count). The van der Waals surface area contributed by atoms with Gasteiger partial charge in [-0.15, -0.1) is 0 Å². The second-order valence-electron chi connectivity index (χ2n) is 13.8. The molecular formula is C38H78N+. The van der Waals surface area contributed by atoms with Crippen molar-refractivity contribution in [1.82, 2.24) is 0 Å². The minimum atomic E-state index is 1.37. The summed E-state index contributed by atoms with van der Waals surface area (Å²) in [4.78, 5) is 0. The maximum atomic E-state index is 2.31. The molecule has 0 amide bonds. The van der Waals surface area contributed by atoms with Crippen LogP contribution < -0.4 is 0 Å². The van der Waals surface area contributed by atoms with Crippen LogP contribution >= 0.6 is 0 Å². The Morgan fingerprint density at radius 2 is 0.487 bits per heavy atom. The van der Waals surface area contributed by atoms with E-state index in [0.29, 0.717) is 0 Å². The van der Waals surface area contributed by atoms with Crippen molar-refractivity contribution in [2.45, 2.75) is 219 Å². The van der Waals surface area contributed by atoms with Crippen molar-refractivity contribution in [3.8, 4) is 0 Å². The molecule has 0 aromatic carbocycles. The van der Waals surface area contributed by atoms with E-state index in [1.54, 1.807) is 0 Å². The van der Waals surface area contributed by atoms with Gasteiger partial charge in [-0.2, -0.15) is 0 Å². The number of rotatable bonds is 32. The fraction of sp³-hybridized carbons (Fsp3) is 1.00. The Balaban J connectivity index is 1.86. The second-order valence-corrected chi connectivity index (χ2v) is 13.8. The van der Waals surface area contributed by atoms with Crippen LogP contribution in [0.5, 0.6) is 0 Å². The molecule has 0 aliphatic carbocycles. The van der Waals surface area contributed by atoms with Crippen LogP contribution in [0.3, 0.4) is 0 Å². The molecule has 0 N–H and O–H groups in total. The van der Waals surface area contributed by atoms with Gasteiger partial charge in [-0.3, -0.25) is 0 Å². The fourth-order valence-corrected chi connectivity index (χ4v) is 7.20. The van der Waals surface area contributed by atoms with E-state index in [4.69, 9.17) is 0 Å². The molecule has 1 aliphatic rings. The van der Waals surface area contributed by atoms with E-state index in [2.05, 4.69) is 13.8 Å². The predicted octanol–water partition coefficient (Wildman–Crippen LogP) is 13.3. The van der Waals surface area contributed by atoms with E-state index < -0.39 is 0 Å². The Bertz CT molecular complexity index is 416. The Hall–Kier alpha value is -0.0400. The van der Waals surface area contributed by atoms with Gasteiger partial charge >= 0.3 is 0 Å². The molecule has 39 heavy (non-hydrogen) atoms. The first-order chi connectivity index (χ1) is 19.3. The smallest absolute Gasteiger partial charge is 0.0788 e. The number of hydrogen-bond acceptors (Lipinski definition) is 0. The maximum absolute atomic E-state index is 2.31. The summed E-state index contributed by atoms with van der Waals surface area (Å²) < 4.78 is 1.50. The lowest BCUT2D eigenvalue weighted by atomic mass is 10.0. The zero-order chi connectivity index (χ0) is 28.0. The molecule has 1 heteroatoms. The van der Waals surface area contributed by atoms with Gasteiger partial charge in [-0.05, 0) is 25.7 Å². The van der Waals surface area contributed by atoms with Gasteiger partial charge in [0.15, 0.2) is 0 Å². The zero-order valence-corrected chi connectivity index (χ0v) is 27.9. The van der Waals surface area contributed by atoms with Crippen molar-refractivity contribution < 1.29 is 4.48 Å². The molecular weight excluding hydrogens is 470 g/mol. The average Bonchev–Trinajstić information content (AvgIpc) is 3.42. The molecule has 0 aromatic rings. The van der Waals surface area contributed by atoms with Gasteiger partial charge in [0.2, 0.25) is 0 Å². The molecule has 234 valence electrons. The van der Waals surface area contributed by atoms with Crippen LogP contribution in [0.1, 0.15) is 219 Å². The van der Waals surface area contributed by atoms with Crippen LogP contribution in [0, 0.1) is 0 Å². The van der Waals surface area contributed by atoms with Gasteiger partial charge in [0.1, 0.15) is 0 Å². The summed E-state index contributed by atoms with van der Waals surface area (Å²) in [5.74, 6) is 0. The Morgan fingerprint density at radius 1 is 0.282 bits per heavy atom. The standard InChI is InChI=1S/C38H78N/c1-3-5-7-9-11-13-15-17-19-21-23-25-27-29-31-35-39(37-33-34-38-39)36-32-30-28-26-24-22-20-18-16-14-12-10-8-6-4-2/h3-38H2,1-2H3/q+1. The van der Waals surface area contributed by atoms with E-state index in [0.717, 1.165) is 0 Å². The molecule has 0 radical (unpaired) electrons. The monoisotopic (exact) mass is 549 g/mol. The van der Waals surface area contributed by atoms with Crippen molar-refractivity contribution in [2.75, 3.05) is 26.2 Å². The van der Waals surface area contributed by atoms with Gasteiger partial charge in [0.05, 0.1) is 26.2 Å². The molecule has 0 bridgehead atoms. The first-order valence-electron chi connectivity index (χ1n) is 19.2. The topological polar surface area (TPSA) is 0 Å². The molecule has 0 aromatic heterocycles. The van der Waals surface area contributed by atoms with Gasteiger partial charge < -0.3 is 4.48 Å². The molecule has 1 nitrogen and oxygen atoms in total. The summed E-state index contributed by atoms with van der Waals surface area (Å²) in [6.45, 7) is 10.6. The third-order valence-corrected chi connectivity index (χ3v) is 9.99. The van der Waals surface area contributed by atoms with E-state index >= 15 is 0 Å². The van der Waals surface area contributed by atoms with Crippen molar-refractivity contribution in [3.05, 3.63) is 0 Å². The Labute approximate surface area is 249 Å². The molecule has 0 saturated carbocycles. The van der Waals surface area contributed by atoms with Gasteiger partial charge in [0, 0.05) is 12.8 Å². The van der Waals surface area contributed by atoms with Crippen LogP contribution in [0.4, 0.5) is 0 Å². The van der Waals surface area contributed by atoms with Gasteiger partial charge in [-0.25, -0.2) is 0 Å². The highest BCUT2D eigenvalue weighted by Gasteiger charge is 2.30. The maximum Gasteiger partial charge on any atom is 0.0788 e. The normalized spacial score (nSPS) is 14.9. The van der Waals surface area contributed by atoms with E-state index in [-0.39, 0.29) is 0 Å². The molecule has 1 aliphatic heterocycles. The van der Waals surface area contributed by atoms with E-state index in [1.165, 1.54) is 236 Å². The third-order valence-electron chi connectivity index (χ3n) is 9.99. The van der Waals surface area contributed by atoms with Gasteiger partial charge in [-0.1, -0.05) is 181 Å². The number of quaternary nitrogens is 1. The molecule has 1 saturated heterocycles. The summed E-state index contributed by atoms with van der Waals surface area (Å²) in [5.41, 5.74) is 0. The summed E-state index contributed by atoms with van der Waals surface area (Å²) >= 11 is 0. The number of nitrogens with zero attached hydrogens (tertiary/aromatic N) is 1. The molecule has 0 unspecified atom stereocenters. The second kappa shape index (κ2) is 29.5. The molecule has 1 heterocycles. The highest BCUT2D eigenvalue weighted by Crippen LogP contribution is 2.23. The zero-order valence-electron chi connectivity index (χ0n) is 27.9.